The second kappa shape index (κ2) is 7.75. The van der Waals surface area contributed by atoms with Crippen LogP contribution in [-0.4, -0.2) is 42.8 Å². The molecule has 4 nitrogen and oxygen atoms in total. The minimum Gasteiger partial charge on any atom is -0.444 e. The first-order valence-electron chi connectivity index (χ1n) is 8.57. The Labute approximate surface area is 150 Å². The number of alkyl carbamates (subject to hydrolysis) is 1. The number of carbonyl (C=O) groups excluding carboxylic acids is 1. The smallest absolute Gasteiger partial charge is 0.407 e. The van der Waals surface area contributed by atoms with E-state index in [2.05, 4.69) is 36.4 Å². The Bertz CT molecular complexity index is 569. The van der Waals surface area contributed by atoms with Crippen LogP contribution in [0, 0.1) is 0 Å². The molecule has 1 N–H and O–H groups in total. The monoisotopic (exact) mass is 352 g/mol. The van der Waals surface area contributed by atoms with Gasteiger partial charge in [0.2, 0.25) is 0 Å². The van der Waals surface area contributed by atoms with Gasteiger partial charge in [0, 0.05) is 17.1 Å². The molecular formula is C19H29ClN2O2. The molecule has 1 aromatic rings. The highest BCUT2D eigenvalue weighted by atomic mass is 35.5. The average molecular weight is 353 g/mol. The Kier molecular flexibility index (Phi) is 6.16. The molecule has 0 bridgehead atoms. The first kappa shape index (κ1) is 19.1. The lowest BCUT2D eigenvalue weighted by Crippen LogP contribution is -2.53. The Morgan fingerprint density at radius 3 is 2.58 bits per heavy atom. The van der Waals surface area contributed by atoms with E-state index in [-0.39, 0.29) is 18.2 Å². The van der Waals surface area contributed by atoms with Crippen LogP contribution in [0.25, 0.3) is 0 Å². The lowest BCUT2D eigenvalue weighted by atomic mass is 9.78. The Morgan fingerprint density at radius 1 is 1.29 bits per heavy atom. The molecule has 1 aliphatic carbocycles. The molecule has 1 aliphatic rings. The first-order valence-corrected chi connectivity index (χ1v) is 8.95. The predicted octanol–water partition coefficient (Wildman–Crippen LogP) is 4.43. The van der Waals surface area contributed by atoms with E-state index in [4.69, 9.17) is 16.3 Å². The summed E-state index contributed by atoms with van der Waals surface area (Å²) >= 11 is 6.14. The number of carbonyl (C=O) groups is 1. The molecule has 1 fully saturated rings. The number of rotatable bonds is 3. The zero-order chi connectivity index (χ0) is 17.9. The van der Waals surface area contributed by atoms with Gasteiger partial charge in [-0.3, -0.25) is 0 Å². The summed E-state index contributed by atoms with van der Waals surface area (Å²) in [5.41, 5.74) is 0.806. The van der Waals surface area contributed by atoms with Gasteiger partial charge in [-0.1, -0.05) is 23.7 Å². The maximum absolute atomic E-state index is 12.1. The molecule has 3 atom stereocenters. The van der Waals surface area contributed by atoms with Gasteiger partial charge in [0.15, 0.2) is 0 Å². The van der Waals surface area contributed by atoms with Gasteiger partial charge in [0.05, 0.1) is 0 Å². The van der Waals surface area contributed by atoms with Crippen molar-refractivity contribution in [2.45, 2.75) is 63.6 Å². The third-order valence-electron chi connectivity index (χ3n) is 4.50. The van der Waals surface area contributed by atoms with Crippen molar-refractivity contribution in [3.8, 4) is 0 Å². The number of ether oxygens (including phenoxy) is 1. The molecular weight excluding hydrogens is 324 g/mol. The second-order valence-corrected chi connectivity index (χ2v) is 8.29. The quantitative estimate of drug-likeness (QED) is 0.874. The molecule has 0 saturated heterocycles. The summed E-state index contributed by atoms with van der Waals surface area (Å²) in [6.07, 6.45) is 2.62. The molecule has 24 heavy (non-hydrogen) atoms. The number of nitrogens with one attached hydrogen (secondary N) is 1. The van der Waals surface area contributed by atoms with Gasteiger partial charge in [0.1, 0.15) is 5.60 Å². The van der Waals surface area contributed by atoms with Crippen molar-refractivity contribution in [3.05, 3.63) is 34.9 Å². The van der Waals surface area contributed by atoms with Crippen LogP contribution in [0.5, 0.6) is 0 Å². The van der Waals surface area contributed by atoms with Crippen LogP contribution in [0.15, 0.2) is 24.3 Å². The predicted molar refractivity (Wildman–Crippen MR) is 98.7 cm³/mol. The van der Waals surface area contributed by atoms with E-state index >= 15 is 0 Å². The van der Waals surface area contributed by atoms with E-state index in [9.17, 15) is 4.79 Å². The average Bonchev–Trinajstić information content (AvgIpc) is 2.45. The van der Waals surface area contributed by atoms with Crippen molar-refractivity contribution < 1.29 is 9.53 Å². The van der Waals surface area contributed by atoms with Crippen molar-refractivity contribution in [2.24, 2.45) is 0 Å². The van der Waals surface area contributed by atoms with E-state index < -0.39 is 5.60 Å². The SMILES string of the molecule is CN(C)[C@H]1C[C@@H](c2cccc(Cl)c2)CCC1NC(=O)OC(C)(C)C. The van der Waals surface area contributed by atoms with E-state index in [1.54, 1.807) is 0 Å². The van der Waals surface area contributed by atoms with E-state index in [0.29, 0.717) is 5.92 Å². The number of hydrogen-bond acceptors (Lipinski definition) is 3. The minimum absolute atomic E-state index is 0.102. The van der Waals surface area contributed by atoms with Crippen molar-refractivity contribution in [1.29, 1.82) is 0 Å². The first-order chi connectivity index (χ1) is 11.2. The topological polar surface area (TPSA) is 41.6 Å². The third-order valence-corrected chi connectivity index (χ3v) is 4.74. The summed E-state index contributed by atoms with van der Waals surface area (Å²) in [4.78, 5) is 14.3. The molecule has 1 amide bonds. The van der Waals surface area contributed by atoms with Gasteiger partial charge in [-0.15, -0.1) is 0 Å². The number of halogens is 1. The molecule has 0 aromatic heterocycles. The van der Waals surface area contributed by atoms with Gasteiger partial charge >= 0.3 is 6.09 Å². The highest BCUT2D eigenvalue weighted by Crippen LogP contribution is 2.35. The molecule has 2 rings (SSSR count). The molecule has 0 heterocycles. The number of nitrogens with zero attached hydrogens (tertiary/aromatic N) is 1. The number of amides is 1. The lowest BCUT2D eigenvalue weighted by molar-refractivity contribution is 0.0445. The second-order valence-electron chi connectivity index (χ2n) is 7.85. The van der Waals surface area contributed by atoms with Crippen LogP contribution >= 0.6 is 11.6 Å². The van der Waals surface area contributed by atoms with Crippen LogP contribution in [0.4, 0.5) is 4.79 Å². The van der Waals surface area contributed by atoms with Gasteiger partial charge in [-0.05, 0) is 77.7 Å². The molecule has 5 heteroatoms. The minimum atomic E-state index is -0.477. The van der Waals surface area contributed by atoms with Crippen LogP contribution in [0.3, 0.4) is 0 Å². The number of hydrogen-bond donors (Lipinski definition) is 1. The highest BCUT2D eigenvalue weighted by molar-refractivity contribution is 6.30. The summed E-state index contributed by atoms with van der Waals surface area (Å²) in [5, 5.41) is 3.84. The van der Waals surface area contributed by atoms with E-state index in [1.165, 1.54) is 5.56 Å². The van der Waals surface area contributed by atoms with Crippen LogP contribution in [0.2, 0.25) is 5.02 Å². The molecule has 0 radical (unpaired) electrons. The normalized spacial score (nSPS) is 24.7. The molecule has 134 valence electrons. The van der Waals surface area contributed by atoms with Gasteiger partial charge in [-0.25, -0.2) is 4.79 Å². The number of benzene rings is 1. The fourth-order valence-corrected chi connectivity index (χ4v) is 3.61. The summed E-state index contributed by atoms with van der Waals surface area (Å²) in [7, 11) is 4.13. The van der Waals surface area contributed by atoms with Crippen molar-refractivity contribution in [2.75, 3.05) is 14.1 Å². The molecule has 1 saturated carbocycles. The zero-order valence-corrected chi connectivity index (χ0v) is 16.1. The number of likely N-dealkylation sites (N-methyl/N-ethyl adjacent to an activating group) is 1. The fraction of sp³-hybridized carbons (Fsp3) is 0.632. The summed E-state index contributed by atoms with van der Waals surface area (Å²) in [6.45, 7) is 5.64. The summed E-state index contributed by atoms with van der Waals surface area (Å²) in [5.74, 6) is 0.466. The van der Waals surface area contributed by atoms with Gasteiger partial charge in [0.25, 0.3) is 0 Å². The van der Waals surface area contributed by atoms with Gasteiger partial charge in [-0.2, -0.15) is 0 Å². The standard InChI is InChI=1S/C19H29ClN2O2/c1-19(2,3)24-18(23)21-16-10-9-14(12-17(16)22(4)5)13-7-6-8-15(20)11-13/h6-8,11,14,16-17H,9-10,12H2,1-5H3,(H,21,23)/t14-,16?,17-/m0/s1. The maximum atomic E-state index is 12.1. The zero-order valence-electron chi connectivity index (χ0n) is 15.3. The lowest BCUT2D eigenvalue weighted by Gasteiger charge is -2.40. The Morgan fingerprint density at radius 2 is 2.00 bits per heavy atom. The largest absolute Gasteiger partial charge is 0.444 e. The van der Waals surface area contributed by atoms with Crippen LogP contribution in [0.1, 0.15) is 51.5 Å². The Hall–Kier alpha value is -1.26. The highest BCUT2D eigenvalue weighted by Gasteiger charge is 2.34. The fourth-order valence-electron chi connectivity index (χ4n) is 3.41. The van der Waals surface area contributed by atoms with Crippen LogP contribution in [-0.2, 0) is 4.74 Å². The third kappa shape index (κ3) is 5.38. The van der Waals surface area contributed by atoms with Gasteiger partial charge < -0.3 is 15.0 Å². The molecule has 0 spiro atoms. The Balaban J connectivity index is 2.04. The summed E-state index contributed by atoms with van der Waals surface area (Å²) < 4.78 is 5.41. The van der Waals surface area contributed by atoms with Crippen molar-refractivity contribution in [1.82, 2.24) is 10.2 Å². The van der Waals surface area contributed by atoms with E-state index in [0.717, 1.165) is 24.3 Å². The molecule has 1 aromatic carbocycles. The molecule has 1 unspecified atom stereocenters. The van der Waals surface area contributed by atoms with E-state index in [1.807, 2.05) is 32.9 Å². The van der Waals surface area contributed by atoms with Crippen molar-refractivity contribution in [3.63, 3.8) is 0 Å². The maximum Gasteiger partial charge on any atom is 0.407 e. The summed E-state index contributed by atoms with van der Waals surface area (Å²) in [6, 6.07) is 8.49. The van der Waals surface area contributed by atoms with Crippen molar-refractivity contribution >= 4 is 17.7 Å². The molecule has 0 aliphatic heterocycles. The van der Waals surface area contributed by atoms with Crippen LogP contribution < -0.4 is 5.32 Å².